The number of amides is 2. The summed E-state index contributed by atoms with van der Waals surface area (Å²) in [4.78, 5) is 48.9. The highest BCUT2D eigenvalue weighted by Crippen LogP contribution is 2.36. The van der Waals surface area contributed by atoms with Crippen molar-refractivity contribution >= 4 is 79.1 Å². The standard InChI is InChI=1S/C30H42N6O3Si.C20H23ClN4OSi.C10H20N2O2/c1-20-17-32-28(33-24-10-9-11-25(24)34-29(37)39-30(2,3)4)35-27(20)23-18-36(19-38-14-15-40(6,7)8)26-16-21(31-5)12-13-22(23)26;1-14-11-23-20(21)24-19(14)17-12-25(13-26-8-9-27(3,4)5)18-10-15(22-2)6-7-16(17)18;1-10(2,3)14-9(13)12-8-6-4-5-7(8)11/h12-13,16-18,24-25H,9-11,14-15,19H2,1-4,6-8H3,(H,34,37)(H,32,33,35);6-7,10-12H,8-9,13H2,1,3-5H3;7-8H,4-6,11H2,1-3H3,(H,12,13)/t24-,25-;;7-,8-/m0.0/s1. The Kier molecular flexibility index (Phi) is 21.7. The Morgan fingerprint density at radius 1 is 0.679 bits per heavy atom. The molecule has 2 amide bonds. The van der Waals surface area contributed by atoms with Crippen LogP contribution in [0.4, 0.5) is 26.9 Å². The number of ether oxygens (including phenoxy) is 4. The number of carbonyl (C=O) groups excluding carboxylic acids is 2. The lowest BCUT2D eigenvalue weighted by atomic mass is 10.1. The quantitative estimate of drug-likeness (QED) is 0.0309. The second-order valence-corrected chi connectivity index (χ2v) is 37.1. The summed E-state index contributed by atoms with van der Waals surface area (Å²) < 4.78 is 26.7. The van der Waals surface area contributed by atoms with Gasteiger partial charge in [-0.3, -0.25) is 0 Å². The van der Waals surface area contributed by atoms with Gasteiger partial charge in [-0.05, 0) is 141 Å². The molecular formula is C60H85ClN12O6Si2. The van der Waals surface area contributed by atoms with E-state index in [1.807, 2.05) is 109 Å². The third-order valence-corrected chi connectivity index (χ3v) is 17.3. The van der Waals surface area contributed by atoms with Crippen LogP contribution in [0.2, 0.25) is 56.7 Å². The summed E-state index contributed by atoms with van der Waals surface area (Å²) in [5.41, 5.74) is 13.4. The number of aromatic nitrogens is 6. The topological polar surface area (TPSA) is 203 Å². The summed E-state index contributed by atoms with van der Waals surface area (Å²) in [6.45, 7) is 46.2. The van der Waals surface area contributed by atoms with E-state index >= 15 is 0 Å². The number of hydrogen-bond donors (Lipinski definition) is 4. The van der Waals surface area contributed by atoms with Crippen molar-refractivity contribution in [2.75, 3.05) is 18.5 Å². The number of fused-ring (bicyclic) bond motifs is 2. The minimum atomic E-state index is -1.19. The number of halogens is 1. The van der Waals surface area contributed by atoms with Crippen LogP contribution in [0.5, 0.6) is 0 Å². The van der Waals surface area contributed by atoms with E-state index in [0.29, 0.717) is 37.4 Å². The van der Waals surface area contributed by atoms with Crippen LogP contribution >= 0.6 is 11.6 Å². The normalized spacial score (nSPS) is 17.3. The molecule has 2 aliphatic carbocycles. The summed E-state index contributed by atoms with van der Waals surface area (Å²) in [7, 11) is -2.32. The second-order valence-electron chi connectivity index (χ2n) is 25.5. The van der Waals surface area contributed by atoms with E-state index < -0.39 is 33.4 Å². The molecular weight excluding hydrogens is 1080 g/mol. The van der Waals surface area contributed by atoms with Crippen molar-refractivity contribution in [2.24, 2.45) is 5.73 Å². The third kappa shape index (κ3) is 19.4. The van der Waals surface area contributed by atoms with Gasteiger partial charge in [-0.1, -0.05) is 63.5 Å². The van der Waals surface area contributed by atoms with Crippen molar-refractivity contribution in [3.63, 3.8) is 0 Å². The number of aryl methyl sites for hydroxylation is 2. The molecule has 0 spiro atoms. The van der Waals surface area contributed by atoms with E-state index in [1.54, 1.807) is 6.20 Å². The highest BCUT2D eigenvalue weighted by molar-refractivity contribution is 6.76. The van der Waals surface area contributed by atoms with E-state index in [0.717, 1.165) is 113 Å². The summed E-state index contributed by atoms with van der Waals surface area (Å²) in [6, 6.07) is 13.8. The Bertz CT molecular complexity index is 3220. The number of alkyl carbamates (subject to hydrolysis) is 2. The van der Waals surface area contributed by atoms with Gasteiger partial charge >= 0.3 is 12.2 Å². The number of nitrogens with one attached hydrogen (secondary N) is 3. The van der Waals surface area contributed by atoms with Crippen molar-refractivity contribution in [3.8, 4) is 22.5 Å². The van der Waals surface area contributed by atoms with Crippen LogP contribution in [0, 0.1) is 27.0 Å². The van der Waals surface area contributed by atoms with Crippen molar-refractivity contribution in [1.29, 1.82) is 0 Å². The van der Waals surface area contributed by atoms with Crippen LogP contribution < -0.4 is 21.7 Å². The molecule has 2 aromatic carbocycles. The predicted octanol–water partition coefficient (Wildman–Crippen LogP) is 14.4. The third-order valence-electron chi connectivity index (χ3n) is 13.7. The largest absolute Gasteiger partial charge is 0.444 e. The van der Waals surface area contributed by atoms with E-state index in [1.165, 1.54) is 0 Å². The smallest absolute Gasteiger partial charge is 0.407 e. The molecule has 0 radical (unpaired) electrons. The molecule has 21 heteroatoms. The number of carbonyl (C=O) groups is 2. The predicted molar refractivity (Wildman–Crippen MR) is 331 cm³/mol. The molecule has 5 N–H and O–H groups in total. The van der Waals surface area contributed by atoms with Crippen molar-refractivity contribution < 1.29 is 28.5 Å². The van der Waals surface area contributed by atoms with Gasteiger partial charge < -0.3 is 49.8 Å². The van der Waals surface area contributed by atoms with E-state index in [2.05, 4.69) is 90.6 Å². The first-order valence-electron chi connectivity index (χ1n) is 28.0. The van der Waals surface area contributed by atoms with E-state index in [9.17, 15) is 9.59 Å². The van der Waals surface area contributed by atoms with E-state index in [4.69, 9.17) is 54.4 Å². The Morgan fingerprint density at radius 2 is 1.12 bits per heavy atom. The Hall–Kier alpha value is -6.40. The molecule has 2 aliphatic rings. The van der Waals surface area contributed by atoms with E-state index in [-0.39, 0.29) is 35.5 Å². The molecule has 436 valence electrons. The summed E-state index contributed by atoms with van der Waals surface area (Å²) >= 11 is 6.03. The maximum absolute atomic E-state index is 12.4. The van der Waals surface area contributed by atoms with Crippen LogP contribution in [0.1, 0.15) is 91.2 Å². The zero-order valence-corrected chi connectivity index (χ0v) is 52.8. The van der Waals surface area contributed by atoms with Crippen LogP contribution in [-0.4, -0.2) is 106 Å². The molecule has 0 aliphatic heterocycles. The first-order valence-corrected chi connectivity index (χ1v) is 35.8. The van der Waals surface area contributed by atoms with Gasteiger partial charge in [0.05, 0.1) is 30.6 Å². The second kappa shape index (κ2) is 27.6. The number of hydrogen-bond acceptors (Lipinski definition) is 12. The number of anilines is 1. The van der Waals surface area contributed by atoms with Gasteiger partial charge in [-0.25, -0.2) is 39.2 Å². The molecule has 0 unspecified atom stereocenters. The molecule has 0 bridgehead atoms. The molecule has 2 fully saturated rings. The van der Waals surface area contributed by atoms with Crippen LogP contribution in [0.15, 0.2) is 61.2 Å². The highest BCUT2D eigenvalue weighted by Gasteiger charge is 2.32. The zero-order chi connectivity index (χ0) is 59.5. The minimum absolute atomic E-state index is 0.00501. The Morgan fingerprint density at radius 3 is 1.58 bits per heavy atom. The molecule has 18 nitrogen and oxygen atoms in total. The first-order chi connectivity index (χ1) is 38.0. The average molecular weight is 1160 g/mol. The molecule has 4 heterocycles. The van der Waals surface area contributed by atoms with Crippen molar-refractivity contribution in [2.45, 2.75) is 194 Å². The fourth-order valence-corrected chi connectivity index (χ4v) is 11.1. The van der Waals surface area contributed by atoms with Gasteiger partial charge in [0.25, 0.3) is 0 Å². The van der Waals surface area contributed by atoms with Gasteiger partial charge in [0, 0.05) is 105 Å². The van der Waals surface area contributed by atoms with Gasteiger partial charge in [0.1, 0.15) is 24.7 Å². The molecule has 81 heavy (non-hydrogen) atoms. The van der Waals surface area contributed by atoms with Crippen molar-refractivity contribution in [1.82, 2.24) is 39.7 Å². The lowest BCUT2D eigenvalue weighted by Crippen LogP contribution is -2.45. The summed E-state index contributed by atoms with van der Waals surface area (Å²) in [5, 5.41) is 11.5. The number of rotatable bonds is 16. The lowest BCUT2D eigenvalue weighted by Gasteiger charge is -2.25. The lowest BCUT2D eigenvalue weighted by molar-refractivity contribution is 0.0490. The van der Waals surface area contributed by atoms with Crippen LogP contribution in [0.25, 0.3) is 54.0 Å². The van der Waals surface area contributed by atoms with Gasteiger partial charge in [-0.2, -0.15) is 0 Å². The monoisotopic (exact) mass is 1160 g/mol. The maximum atomic E-state index is 12.4. The highest BCUT2D eigenvalue weighted by atomic mass is 35.5. The molecule has 4 aromatic heterocycles. The average Bonchev–Trinajstić information content (AvgIpc) is 4.21. The first kappa shape index (κ1) is 63.8. The molecule has 4 atom stereocenters. The molecule has 6 aromatic rings. The van der Waals surface area contributed by atoms with Crippen LogP contribution in [-0.2, 0) is 32.4 Å². The molecule has 0 saturated heterocycles. The Balaban J connectivity index is 0.000000221. The summed E-state index contributed by atoms with van der Waals surface area (Å²) in [5.74, 6) is 0.522. The molecule has 8 rings (SSSR count). The zero-order valence-electron chi connectivity index (χ0n) is 50.1. The fourth-order valence-electron chi connectivity index (χ4n) is 9.41. The van der Waals surface area contributed by atoms with Gasteiger partial charge in [0.2, 0.25) is 11.2 Å². The Labute approximate surface area is 486 Å². The van der Waals surface area contributed by atoms with Crippen LogP contribution in [0.3, 0.4) is 0 Å². The number of nitrogens with zero attached hydrogens (tertiary/aromatic N) is 8. The maximum Gasteiger partial charge on any atom is 0.407 e. The number of nitrogens with two attached hydrogens (primary N) is 1. The minimum Gasteiger partial charge on any atom is -0.444 e. The molecule has 2 saturated carbocycles. The number of benzene rings is 2. The summed E-state index contributed by atoms with van der Waals surface area (Å²) in [6.07, 6.45) is 12.7. The SMILES string of the molecule is CC(C)(C)OC(=O)N[C@H]1CCC[C@@H]1N.[C-]#[N+]c1ccc2c(-c3nc(Cl)ncc3C)cn(COCC[Si](C)(C)C)c2c1.[C-]#[N+]c1ccc2c(-c3nc(N[C@H]4CCC[C@@H]4NC(=O)OC(C)(C)C)ncc3C)cn(COCC[Si](C)(C)C)c2c1. The van der Waals surface area contributed by atoms with Crippen molar-refractivity contribution in [3.05, 3.63) is 100 Å². The fraction of sp³-hybridized carbons (Fsp3) is 0.533. The van der Waals surface area contributed by atoms with Gasteiger partial charge in [0.15, 0.2) is 11.4 Å². The van der Waals surface area contributed by atoms with Gasteiger partial charge in [-0.15, -0.1) is 0 Å².